The first kappa shape index (κ1) is 18.4. The number of halogens is 2. The van der Waals surface area contributed by atoms with Crippen LogP contribution in [0.15, 0.2) is 35.7 Å². The van der Waals surface area contributed by atoms with Crippen molar-refractivity contribution >= 4 is 40.5 Å². The fraction of sp³-hybridized carbons (Fsp3) is 0.294. The molecule has 0 aliphatic heterocycles. The Labute approximate surface area is 148 Å². The van der Waals surface area contributed by atoms with E-state index in [1.165, 1.54) is 23.9 Å². The minimum atomic E-state index is -0.942. The second kappa shape index (κ2) is 8.80. The fourth-order valence-electron chi connectivity index (χ4n) is 1.99. The van der Waals surface area contributed by atoms with E-state index in [0.717, 1.165) is 12.5 Å². The van der Waals surface area contributed by atoms with Gasteiger partial charge in [0.1, 0.15) is 5.82 Å². The van der Waals surface area contributed by atoms with Gasteiger partial charge in [-0.25, -0.2) is 4.39 Å². The summed E-state index contributed by atoms with van der Waals surface area (Å²) in [5.41, 5.74) is 0.340. The summed E-state index contributed by atoms with van der Waals surface area (Å²) >= 11 is 7.29. The first-order chi connectivity index (χ1) is 11.5. The Bertz CT molecular complexity index is 706. The maximum Gasteiger partial charge on any atom is 0.306 e. The molecule has 1 heterocycles. The van der Waals surface area contributed by atoms with Crippen molar-refractivity contribution in [1.82, 2.24) is 0 Å². The van der Waals surface area contributed by atoms with Crippen LogP contribution in [-0.4, -0.2) is 18.0 Å². The molecule has 2 rings (SSSR count). The Morgan fingerprint density at radius 1 is 1.38 bits per heavy atom. The van der Waals surface area contributed by atoms with Gasteiger partial charge in [-0.3, -0.25) is 9.59 Å². The normalized spacial score (nSPS) is 11.8. The predicted molar refractivity (Wildman–Crippen MR) is 92.9 cm³/mol. The van der Waals surface area contributed by atoms with Crippen LogP contribution in [-0.2, 0) is 20.7 Å². The van der Waals surface area contributed by atoms with Gasteiger partial charge in [0.05, 0.1) is 5.02 Å². The van der Waals surface area contributed by atoms with E-state index in [1.807, 2.05) is 17.5 Å². The van der Waals surface area contributed by atoms with Gasteiger partial charge in [0.25, 0.3) is 5.91 Å². The summed E-state index contributed by atoms with van der Waals surface area (Å²) in [5, 5.41) is 4.42. The first-order valence-electron chi connectivity index (χ1n) is 7.43. The number of carbonyl (C=O) groups is 2. The lowest BCUT2D eigenvalue weighted by Gasteiger charge is -2.13. The van der Waals surface area contributed by atoms with Crippen LogP contribution in [0.4, 0.5) is 10.1 Å². The summed E-state index contributed by atoms with van der Waals surface area (Å²) in [7, 11) is 0. The smallest absolute Gasteiger partial charge is 0.306 e. The molecule has 0 radical (unpaired) electrons. The Hall–Kier alpha value is -1.92. The summed E-state index contributed by atoms with van der Waals surface area (Å²) in [6.45, 7) is 1.48. The van der Waals surface area contributed by atoms with Gasteiger partial charge in [-0.2, -0.15) is 0 Å². The molecule has 1 aromatic carbocycles. The van der Waals surface area contributed by atoms with Crippen molar-refractivity contribution in [2.24, 2.45) is 0 Å². The highest BCUT2D eigenvalue weighted by Gasteiger charge is 2.18. The van der Waals surface area contributed by atoms with Crippen LogP contribution in [0.1, 0.15) is 24.6 Å². The lowest BCUT2D eigenvalue weighted by Crippen LogP contribution is -2.29. The van der Waals surface area contributed by atoms with E-state index in [1.54, 1.807) is 11.3 Å². The number of esters is 1. The third-order valence-corrected chi connectivity index (χ3v) is 4.47. The molecule has 7 heteroatoms. The number of anilines is 1. The van der Waals surface area contributed by atoms with E-state index in [9.17, 15) is 14.0 Å². The Kier molecular flexibility index (Phi) is 6.75. The van der Waals surface area contributed by atoms with Gasteiger partial charge in [-0.1, -0.05) is 17.7 Å². The summed E-state index contributed by atoms with van der Waals surface area (Å²) in [6.07, 6.45) is 0.781. The maximum absolute atomic E-state index is 13.1. The van der Waals surface area contributed by atoms with Gasteiger partial charge in [0, 0.05) is 17.0 Å². The monoisotopic (exact) mass is 369 g/mol. The number of amides is 1. The number of carbonyl (C=O) groups excluding carboxylic acids is 2. The van der Waals surface area contributed by atoms with Crippen molar-refractivity contribution in [2.75, 3.05) is 5.32 Å². The van der Waals surface area contributed by atoms with Gasteiger partial charge >= 0.3 is 5.97 Å². The van der Waals surface area contributed by atoms with Crippen molar-refractivity contribution < 1.29 is 18.7 Å². The summed E-state index contributed by atoms with van der Waals surface area (Å²) in [4.78, 5) is 25.0. The third-order valence-electron chi connectivity index (χ3n) is 3.25. The van der Waals surface area contributed by atoms with E-state index >= 15 is 0 Å². The van der Waals surface area contributed by atoms with E-state index < -0.39 is 23.8 Å². The summed E-state index contributed by atoms with van der Waals surface area (Å²) in [6, 6.07) is 7.81. The number of thiophene rings is 1. The van der Waals surface area contributed by atoms with Gasteiger partial charge < -0.3 is 10.1 Å². The molecule has 128 valence electrons. The van der Waals surface area contributed by atoms with Crippen LogP contribution in [0.5, 0.6) is 0 Å². The number of aryl methyl sites for hydroxylation is 1. The van der Waals surface area contributed by atoms with E-state index in [0.29, 0.717) is 12.1 Å². The molecule has 1 atom stereocenters. The van der Waals surface area contributed by atoms with Crippen molar-refractivity contribution in [3.8, 4) is 0 Å². The molecule has 0 spiro atoms. The summed E-state index contributed by atoms with van der Waals surface area (Å²) in [5.74, 6) is -1.49. The van der Waals surface area contributed by atoms with Crippen molar-refractivity contribution in [2.45, 2.75) is 32.3 Å². The molecule has 0 saturated heterocycles. The van der Waals surface area contributed by atoms with Crippen LogP contribution in [0.3, 0.4) is 0 Å². The average Bonchev–Trinajstić information content (AvgIpc) is 3.04. The molecule has 4 nitrogen and oxygen atoms in total. The van der Waals surface area contributed by atoms with Crippen LogP contribution in [0.25, 0.3) is 0 Å². The van der Waals surface area contributed by atoms with E-state index in [2.05, 4.69) is 5.32 Å². The van der Waals surface area contributed by atoms with Gasteiger partial charge in [0.2, 0.25) is 0 Å². The standard InChI is InChI=1S/C17H17ClFNO3S/c1-11(17(22)20-12-7-8-15(19)14(18)10-12)23-16(21)6-2-4-13-5-3-9-24-13/h3,5,7-11H,2,4,6H2,1H3,(H,20,22)/t11-/m0/s1. The zero-order valence-corrected chi connectivity index (χ0v) is 14.6. The van der Waals surface area contributed by atoms with E-state index in [-0.39, 0.29) is 11.4 Å². The number of rotatable bonds is 7. The number of hydrogen-bond acceptors (Lipinski definition) is 4. The molecule has 1 amide bonds. The fourth-order valence-corrected chi connectivity index (χ4v) is 2.92. The van der Waals surface area contributed by atoms with Gasteiger partial charge in [-0.15, -0.1) is 11.3 Å². The molecule has 24 heavy (non-hydrogen) atoms. The van der Waals surface area contributed by atoms with E-state index in [4.69, 9.17) is 16.3 Å². The predicted octanol–water partition coefficient (Wildman–Crippen LogP) is 4.43. The largest absolute Gasteiger partial charge is 0.453 e. The summed E-state index contributed by atoms with van der Waals surface area (Å²) < 4.78 is 18.2. The zero-order valence-electron chi connectivity index (χ0n) is 13.1. The van der Waals surface area contributed by atoms with Crippen LogP contribution in [0.2, 0.25) is 5.02 Å². The number of ether oxygens (including phenoxy) is 1. The molecule has 1 N–H and O–H groups in total. The van der Waals surface area contributed by atoms with Gasteiger partial charge in [-0.05, 0) is 49.4 Å². The van der Waals surface area contributed by atoms with Gasteiger partial charge in [0.15, 0.2) is 6.10 Å². The lowest BCUT2D eigenvalue weighted by atomic mass is 10.2. The first-order valence-corrected chi connectivity index (χ1v) is 8.69. The van der Waals surface area contributed by atoms with Crippen molar-refractivity contribution in [3.05, 3.63) is 51.4 Å². The molecule has 2 aromatic rings. The van der Waals surface area contributed by atoms with Crippen molar-refractivity contribution in [3.63, 3.8) is 0 Å². The number of benzene rings is 1. The highest BCUT2D eigenvalue weighted by molar-refractivity contribution is 7.09. The minimum Gasteiger partial charge on any atom is -0.453 e. The lowest BCUT2D eigenvalue weighted by molar-refractivity contribution is -0.153. The molecule has 0 unspecified atom stereocenters. The molecular weight excluding hydrogens is 353 g/mol. The average molecular weight is 370 g/mol. The number of nitrogens with one attached hydrogen (secondary N) is 1. The Balaban J connectivity index is 1.75. The third kappa shape index (κ3) is 5.62. The minimum absolute atomic E-state index is 0.0916. The van der Waals surface area contributed by atoms with Crippen LogP contribution >= 0.6 is 22.9 Å². The Morgan fingerprint density at radius 3 is 2.83 bits per heavy atom. The molecule has 0 aliphatic rings. The molecule has 0 aliphatic carbocycles. The highest BCUT2D eigenvalue weighted by Crippen LogP contribution is 2.19. The zero-order chi connectivity index (χ0) is 17.5. The molecule has 0 bridgehead atoms. The molecule has 0 saturated carbocycles. The van der Waals surface area contributed by atoms with Crippen molar-refractivity contribution in [1.29, 1.82) is 0 Å². The maximum atomic E-state index is 13.1. The second-order valence-corrected chi connectivity index (χ2v) is 6.62. The van der Waals surface area contributed by atoms with Crippen LogP contribution < -0.4 is 5.32 Å². The second-order valence-electron chi connectivity index (χ2n) is 5.18. The highest BCUT2D eigenvalue weighted by atomic mass is 35.5. The van der Waals surface area contributed by atoms with Crippen LogP contribution in [0, 0.1) is 5.82 Å². The Morgan fingerprint density at radius 2 is 2.17 bits per heavy atom. The SMILES string of the molecule is C[C@H](OC(=O)CCCc1cccs1)C(=O)Nc1ccc(F)c(Cl)c1. The molecule has 1 aromatic heterocycles. The molecule has 0 fully saturated rings. The molecular formula is C17H17ClFNO3S. The topological polar surface area (TPSA) is 55.4 Å². The quantitative estimate of drug-likeness (QED) is 0.734. The number of hydrogen-bond donors (Lipinski definition) is 1.